The Labute approximate surface area is 192 Å². The highest BCUT2D eigenvalue weighted by molar-refractivity contribution is 5.94. The topological polar surface area (TPSA) is 92.0 Å². The predicted molar refractivity (Wildman–Crippen MR) is 128 cm³/mol. The number of aromatic nitrogens is 3. The number of amides is 1. The molecular weight excluding hydrogens is 418 g/mol. The lowest BCUT2D eigenvalue weighted by molar-refractivity contribution is 0.0952. The number of carbonyl (C=O) groups excluding carboxylic acids is 1. The maximum Gasteiger partial charge on any atom is 0.251 e. The van der Waals surface area contributed by atoms with Gasteiger partial charge in [0.2, 0.25) is 0 Å². The SMILES string of the molecule is COc1cc(-c2cnc3cnc(-c4ccc(C(=O)NCCCN(C)C)cc4)cn23)ccc1O. The Morgan fingerprint density at radius 2 is 1.85 bits per heavy atom. The lowest BCUT2D eigenvalue weighted by Gasteiger charge is -2.10. The van der Waals surface area contributed by atoms with Gasteiger partial charge in [0, 0.05) is 29.4 Å². The number of fused-ring (bicyclic) bond motifs is 1. The maximum absolute atomic E-state index is 12.4. The van der Waals surface area contributed by atoms with Crippen LogP contribution >= 0.6 is 0 Å². The van der Waals surface area contributed by atoms with Crippen molar-refractivity contribution in [3.8, 4) is 34.0 Å². The van der Waals surface area contributed by atoms with Crippen LogP contribution in [0.5, 0.6) is 11.5 Å². The molecule has 0 radical (unpaired) electrons. The number of ether oxygens (including phenoxy) is 1. The van der Waals surface area contributed by atoms with Crippen molar-refractivity contribution < 1.29 is 14.6 Å². The van der Waals surface area contributed by atoms with Crippen molar-refractivity contribution >= 4 is 11.6 Å². The third-order valence-corrected chi connectivity index (χ3v) is 5.38. The molecule has 2 N–H and O–H groups in total. The van der Waals surface area contributed by atoms with Crippen LogP contribution in [0, 0.1) is 0 Å². The van der Waals surface area contributed by atoms with E-state index in [0.29, 0.717) is 23.5 Å². The Bertz CT molecular complexity index is 1270. The summed E-state index contributed by atoms with van der Waals surface area (Å²) in [5.41, 5.74) is 4.67. The summed E-state index contributed by atoms with van der Waals surface area (Å²) in [7, 11) is 5.55. The van der Waals surface area contributed by atoms with Gasteiger partial charge in [-0.15, -0.1) is 0 Å². The summed E-state index contributed by atoms with van der Waals surface area (Å²) < 4.78 is 7.18. The number of methoxy groups -OCH3 is 1. The van der Waals surface area contributed by atoms with E-state index in [1.54, 1.807) is 24.5 Å². The summed E-state index contributed by atoms with van der Waals surface area (Å²) in [6.07, 6.45) is 6.28. The molecule has 0 spiro atoms. The smallest absolute Gasteiger partial charge is 0.251 e. The molecule has 8 nitrogen and oxygen atoms in total. The molecule has 4 rings (SSSR count). The monoisotopic (exact) mass is 445 g/mol. The highest BCUT2D eigenvalue weighted by Crippen LogP contribution is 2.32. The van der Waals surface area contributed by atoms with Crippen LogP contribution in [-0.2, 0) is 0 Å². The van der Waals surface area contributed by atoms with Crippen molar-refractivity contribution in [1.29, 1.82) is 0 Å². The van der Waals surface area contributed by atoms with Crippen molar-refractivity contribution in [3.63, 3.8) is 0 Å². The number of carbonyl (C=O) groups is 1. The number of phenolic OH excluding ortho intramolecular Hbond substituents is 1. The molecule has 0 aliphatic rings. The molecule has 1 amide bonds. The zero-order valence-corrected chi connectivity index (χ0v) is 18.9. The Morgan fingerprint density at radius 3 is 2.58 bits per heavy atom. The second kappa shape index (κ2) is 9.70. The fourth-order valence-electron chi connectivity index (χ4n) is 3.58. The molecular formula is C25H27N5O3. The van der Waals surface area contributed by atoms with Crippen LogP contribution in [0.2, 0.25) is 0 Å². The van der Waals surface area contributed by atoms with E-state index in [-0.39, 0.29) is 11.7 Å². The van der Waals surface area contributed by atoms with E-state index >= 15 is 0 Å². The molecule has 0 saturated heterocycles. The lowest BCUT2D eigenvalue weighted by atomic mass is 10.1. The highest BCUT2D eigenvalue weighted by Gasteiger charge is 2.12. The summed E-state index contributed by atoms with van der Waals surface area (Å²) in [6.45, 7) is 1.57. The van der Waals surface area contributed by atoms with Crippen LogP contribution in [0.15, 0.2) is 61.1 Å². The molecule has 33 heavy (non-hydrogen) atoms. The largest absolute Gasteiger partial charge is 0.504 e. The quantitative estimate of drug-likeness (QED) is 0.404. The van der Waals surface area contributed by atoms with E-state index in [9.17, 15) is 9.90 Å². The van der Waals surface area contributed by atoms with E-state index in [1.807, 2.05) is 55.0 Å². The number of hydrogen-bond donors (Lipinski definition) is 2. The molecule has 0 aliphatic carbocycles. The first-order valence-electron chi connectivity index (χ1n) is 10.7. The molecule has 0 atom stereocenters. The second-order valence-corrected chi connectivity index (χ2v) is 8.02. The molecule has 0 unspecified atom stereocenters. The Kier molecular flexibility index (Phi) is 6.55. The number of phenols is 1. The maximum atomic E-state index is 12.4. The highest BCUT2D eigenvalue weighted by atomic mass is 16.5. The third kappa shape index (κ3) is 4.96. The van der Waals surface area contributed by atoms with Gasteiger partial charge < -0.3 is 20.1 Å². The van der Waals surface area contributed by atoms with Crippen LogP contribution in [0.3, 0.4) is 0 Å². The number of rotatable bonds is 8. The minimum atomic E-state index is -0.0816. The first kappa shape index (κ1) is 22.3. The van der Waals surface area contributed by atoms with Crippen LogP contribution in [0.1, 0.15) is 16.8 Å². The van der Waals surface area contributed by atoms with E-state index in [0.717, 1.165) is 35.5 Å². The van der Waals surface area contributed by atoms with Crippen molar-refractivity contribution in [2.24, 2.45) is 0 Å². The molecule has 2 heterocycles. The number of imidazole rings is 1. The second-order valence-electron chi connectivity index (χ2n) is 8.02. The van der Waals surface area contributed by atoms with Gasteiger partial charge in [-0.05, 0) is 57.4 Å². The van der Waals surface area contributed by atoms with Crippen molar-refractivity contribution in [3.05, 3.63) is 66.6 Å². The normalized spacial score (nSPS) is 11.2. The van der Waals surface area contributed by atoms with E-state index in [4.69, 9.17) is 4.74 Å². The van der Waals surface area contributed by atoms with E-state index in [1.165, 1.54) is 7.11 Å². The standard InChI is InChI=1S/C25H27N5O3/c1-29(2)12-4-11-26-25(32)18-7-5-17(6-8-18)20-16-30-21(14-28-24(30)15-27-20)19-9-10-22(31)23(13-19)33-3/h5-10,13-16,31H,4,11-12H2,1-3H3,(H,26,32). The van der Waals surface area contributed by atoms with Gasteiger partial charge in [0.15, 0.2) is 17.1 Å². The van der Waals surface area contributed by atoms with Gasteiger partial charge in [0.1, 0.15) is 0 Å². The molecule has 8 heteroatoms. The first-order valence-corrected chi connectivity index (χ1v) is 10.7. The summed E-state index contributed by atoms with van der Waals surface area (Å²) in [5, 5.41) is 12.8. The fourth-order valence-corrected chi connectivity index (χ4v) is 3.58. The van der Waals surface area contributed by atoms with Gasteiger partial charge in [-0.3, -0.25) is 14.2 Å². The van der Waals surface area contributed by atoms with Crippen molar-refractivity contribution in [2.75, 3.05) is 34.3 Å². The summed E-state index contributed by atoms with van der Waals surface area (Å²) in [5.74, 6) is 0.397. The first-order chi connectivity index (χ1) is 16.0. The molecule has 0 bridgehead atoms. The summed E-state index contributed by atoms with van der Waals surface area (Å²) in [4.78, 5) is 23.4. The Hall–Kier alpha value is -3.91. The van der Waals surface area contributed by atoms with Gasteiger partial charge in [0.25, 0.3) is 5.91 Å². The number of hydrogen-bond acceptors (Lipinski definition) is 6. The number of benzene rings is 2. The van der Waals surface area contributed by atoms with Gasteiger partial charge in [-0.2, -0.15) is 0 Å². The summed E-state index contributed by atoms with van der Waals surface area (Å²) in [6, 6.07) is 12.6. The molecule has 170 valence electrons. The number of nitrogens with zero attached hydrogens (tertiary/aromatic N) is 4. The zero-order chi connectivity index (χ0) is 23.4. The van der Waals surface area contributed by atoms with Crippen molar-refractivity contribution in [1.82, 2.24) is 24.6 Å². The van der Waals surface area contributed by atoms with Crippen molar-refractivity contribution in [2.45, 2.75) is 6.42 Å². The molecule has 0 aliphatic heterocycles. The molecule has 0 saturated carbocycles. The number of aromatic hydroxyl groups is 1. The van der Waals surface area contributed by atoms with Gasteiger partial charge >= 0.3 is 0 Å². The van der Waals surface area contributed by atoms with E-state index < -0.39 is 0 Å². The zero-order valence-electron chi connectivity index (χ0n) is 18.9. The van der Waals surface area contributed by atoms with E-state index in [2.05, 4.69) is 20.2 Å². The Balaban J connectivity index is 1.55. The van der Waals surface area contributed by atoms with Crippen LogP contribution < -0.4 is 10.1 Å². The minimum Gasteiger partial charge on any atom is -0.504 e. The minimum absolute atomic E-state index is 0.0816. The van der Waals surface area contributed by atoms with Crippen LogP contribution in [0.4, 0.5) is 0 Å². The summed E-state index contributed by atoms with van der Waals surface area (Å²) >= 11 is 0. The van der Waals surface area contributed by atoms with Gasteiger partial charge in [0.05, 0.1) is 30.9 Å². The molecule has 2 aromatic heterocycles. The lowest BCUT2D eigenvalue weighted by Crippen LogP contribution is -2.27. The average molecular weight is 446 g/mol. The third-order valence-electron chi connectivity index (χ3n) is 5.38. The molecule has 0 fully saturated rings. The predicted octanol–water partition coefficient (Wildman–Crippen LogP) is 3.46. The van der Waals surface area contributed by atoms with Crippen LogP contribution in [-0.4, -0.2) is 64.6 Å². The average Bonchev–Trinajstić information content (AvgIpc) is 3.25. The van der Waals surface area contributed by atoms with Crippen LogP contribution in [0.25, 0.3) is 28.2 Å². The Morgan fingerprint density at radius 1 is 1.09 bits per heavy atom. The number of nitrogens with one attached hydrogen (secondary N) is 1. The van der Waals surface area contributed by atoms with Gasteiger partial charge in [-0.1, -0.05) is 12.1 Å². The fraction of sp³-hybridized carbons (Fsp3) is 0.240. The van der Waals surface area contributed by atoms with Gasteiger partial charge in [-0.25, -0.2) is 4.98 Å². The molecule has 2 aromatic carbocycles. The molecule has 4 aromatic rings.